The summed E-state index contributed by atoms with van der Waals surface area (Å²) in [4.78, 5) is 16.8. The van der Waals surface area contributed by atoms with Crippen LogP contribution in [0.15, 0.2) is 24.5 Å². The van der Waals surface area contributed by atoms with Crippen LogP contribution in [0, 0.1) is 6.92 Å². The van der Waals surface area contributed by atoms with E-state index in [2.05, 4.69) is 10.3 Å². The fraction of sp³-hybridized carbons (Fsp3) is 0.529. The molecule has 23 heavy (non-hydrogen) atoms. The minimum absolute atomic E-state index is 0.230. The highest BCUT2D eigenvalue weighted by Crippen LogP contribution is 2.21. The number of hydrogen-bond acceptors (Lipinski definition) is 4. The van der Waals surface area contributed by atoms with E-state index in [0.29, 0.717) is 5.69 Å². The van der Waals surface area contributed by atoms with Crippen LogP contribution in [0.25, 0.3) is 5.65 Å². The van der Waals surface area contributed by atoms with Gasteiger partial charge in [0.1, 0.15) is 17.4 Å². The number of nitrogens with one attached hydrogen (secondary N) is 1. The Kier molecular flexibility index (Phi) is 4.63. The van der Waals surface area contributed by atoms with Gasteiger partial charge in [-0.25, -0.2) is 4.98 Å². The van der Waals surface area contributed by atoms with Gasteiger partial charge in [-0.1, -0.05) is 18.9 Å². The molecule has 1 amide bonds. The van der Waals surface area contributed by atoms with Crippen molar-refractivity contribution in [1.82, 2.24) is 14.7 Å². The van der Waals surface area contributed by atoms with Crippen LogP contribution in [0.4, 0.5) is 0 Å². The summed E-state index contributed by atoms with van der Waals surface area (Å²) in [5, 5.41) is 13.3. The number of rotatable bonds is 3. The van der Waals surface area contributed by atoms with Crippen LogP contribution in [-0.4, -0.2) is 45.8 Å². The zero-order valence-corrected chi connectivity index (χ0v) is 13.5. The molecule has 3 atom stereocenters. The number of nitrogens with zero attached hydrogens (tertiary/aromatic N) is 2. The van der Waals surface area contributed by atoms with E-state index in [9.17, 15) is 9.90 Å². The van der Waals surface area contributed by atoms with Gasteiger partial charge in [-0.05, 0) is 31.4 Å². The largest absolute Gasteiger partial charge is 0.388 e. The third-order valence-electron chi connectivity index (χ3n) is 4.50. The minimum atomic E-state index is -0.689. The molecule has 2 heterocycles. The number of carbonyl (C=O) groups is 1. The third-order valence-corrected chi connectivity index (χ3v) is 4.50. The fourth-order valence-electron chi connectivity index (χ4n) is 3.18. The lowest BCUT2D eigenvalue weighted by Gasteiger charge is -2.26. The normalized spacial score (nSPS) is 25.3. The van der Waals surface area contributed by atoms with Crippen LogP contribution in [0.2, 0.25) is 0 Å². The van der Waals surface area contributed by atoms with Crippen LogP contribution >= 0.6 is 0 Å². The molecule has 0 aromatic carbocycles. The Bertz CT molecular complexity index is 697. The van der Waals surface area contributed by atoms with Gasteiger partial charge in [-0.2, -0.15) is 0 Å². The first kappa shape index (κ1) is 16.0. The average molecular weight is 317 g/mol. The maximum absolute atomic E-state index is 12.5. The Labute approximate surface area is 135 Å². The molecule has 1 saturated carbocycles. The van der Waals surface area contributed by atoms with Crippen molar-refractivity contribution in [3.05, 3.63) is 35.8 Å². The molecule has 0 bridgehead atoms. The van der Waals surface area contributed by atoms with E-state index in [0.717, 1.165) is 36.9 Å². The number of pyridine rings is 1. The van der Waals surface area contributed by atoms with E-state index in [4.69, 9.17) is 4.74 Å². The zero-order valence-electron chi connectivity index (χ0n) is 13.5. The van der Waals surface area contributed by atoms with Crippen LogP contribution in [0.5, 0.6) is 0 Å². The summed E-state index contributed by atoms with van der Waals surface area (Å²) in [5.41, 5.74) is 2.20. The Morgan fingerprint density at radius 1 is 1.35 bits per heavy atom. The molecule has 0 unspecified atom stereocenters. The van der Waals surface area contributed by atoms with Crippen molar-refractivity contribution >= 4 is 11.6 Å². The first-order valence-electron chi connectivity index (χ1n) is 8.05. The van der Waals surface area contributed by atoms with E-state index in [-0.39, 0.29) is 18.1 Å². The van der Waals surface area contributed by atoms with E-state index in [1.165, 1.54) is 0 Å². The highest BCUT2D eigenvalue weighted by atomic mass is 16.5. The van der Waals surface area contributed by atoms with Crippen LogP contribution < -0.4 is 5.32 Å². The molecule has 6 nitrogen and oxygen atoms in total. The second-order valence-corrected chi connectivity index (χ2v) is 6.23. The molecule has 0 saturated heterocycles. The average Bonchev–Trinajstić information content (AvgIpc) is 2.88. The maximum Gasteiger partial charge on any atom is 0.271 e. The van der Waals surface area contributed by atoms with Crippen LogP contribution in [-0.2, 0) is 4.74 Å². The summed E-state index contributed by atoms with van der Waals surface area (Å²) in [7, 11) is 1.60. The van der Waals surface area contributed by atoms with Crippen molar-refractivity contribution in [3.8, 4) is 0 Å². The Morgan fingerprint density at radius 2 is 2.13 bits per heavy atom. The molecule has 1 fully saturated rings. The van der Waals surface area contributed by atoms with E-state index < -0.39 is 6.10 Å². The molecule has 0 aliphatic heterocycles. The second kappa shape index (κ2) is 6.68. The van der Waals surface area contributed by atoms with Crippen LogP contribution in [0.3, 0.4) is 0 Å². The van der Waals surface area contributed by atoms with Crippen molar-refractivity contribution in [2.45, 2.75) is 50.9 Å². The molecule has 3 rings (SSSR count). The lowest BCUT2D eigenvalue weighted by molar-refractivity contribution is -0.0277. The summed E-state index contributed by atoms with van der Waals surface area (Å²) in [5.74, 6) is -0.257. The highest BCUT2D eigenvalue weighted by molar-refractivity contribution is 5.93. The monoisotopic (exact) mass is 317 g/mol. The smallest absolute Gasteiger partial charge is 0.271 e. The minimum Gasteiger partial charge on any atom is -0.388 e. The number of imidazole rings is 1. The lowest BCUT2D eigenvalue weighted by atomic mass is 10.0. The molecule has 1 aliphatic rings. The van der Waals surface area contributed by atoms with Gasteiger partial charge in [-0.15, -0.1) is 0 Å². The summed E-state index contributed by atoms with van der Waals surface area (Å²) in [6.07, 6.45) is 6.26. The summed E-state index contributed by atoms with van der Waals surface area (Å²) >= 11 is 0. The number of hydrogen-bond donors (Lipinski definition) is 2. The van der Waals surface area contributed by atoms with E-state index in [1.807, 2.05) is 29.7 Å². The number of amides is 1. The van der Waals surface area contributed by atoms with Crippen molar-refractivity contribution in [2.75, 3.05) is 7.11 Å². The molecular formula is C17H23N3O3. The number of methoxy groups -OCH3 is 1. The van der Waals surface area contributed by atoms with Gasteiger partial charge >= 0.3 is 0 Å². The highest BCUT2D eigenvalue weighted by Gasteiger charge is 2.31. The first-order chi connectivity index (χ1) is 11.1. The number of carbonyl (C=O) groups excluding carboxylic acids is 1. The molecule has 1 aliphatic carbocycles. The fourth-order valence-corrected chi connectivity index (χ4v) is 3.18. The third kappa shape index (κ3) is 3.38. The number of aryl methyl sites for hydroxylation is 1. The van der Waals surface area contributed by atoms with E-state index in [1.54, 1.807) is 13.3 Å². The number of aliphatic hydroxyl groups excluding tert-OH is 1. The summed E-state index contributed by atoms with van der Waals surface area (Å²) in [6, 6.07) is 3.54. The van der Waals surface area contributed by atoms with Gasteiger partial charge in [0.05, 0.1) is 12.1 Å². The maximum atomic E-state index is 12.5. The van der Waals surface area contributed by atoms with Gasteiger partial charge in [0.15, 0.2) is 0 Å². The van der Waals surface area contributed by atoms with Crippen molar-refractivity contribution < 1.29 is 14.6 Å². The van der Waals surface area contributed by atoms with E-state index >= 15 is 0 Å². The van der Waals surface area contributed by atoms with Crippen LogP contribution in [0.1, 0.15) is 41.7 Å². The van der Waals surface area contributed by atoms with Gasteiger partial charge < -0.3 is 19.6 Å². The van der Waals surface area contributed by atoms with Gasteiger partial charge in [0.2, 0.25) is 0 Å². The topological polar surface area (TPSA) is 75.9 Å². The number of aromatic nitrogens is 2. The van der Waals surface area contributed by atoms with Crippen molar-refractivity contribution in [1.29, 1.82) is 0 Å². The lowest BCUT2D eigenvalue weighted by Crippen LogP contribution is -2.48. The predicted octanol–water partition coefficient (Wildman–Crippen LogP) is 1.69. The Hall–Kier alpha value is -1.92. The van der Waals surface area contributed by atoms with Crippen molar-refractivity contribution in [2.24, 2.45) is 0 Å². The van der Waals surface area contributed by atoms with Gasteiger partial charge in [0, 0.05) is 19.5 Å². The molecule has 6 heteroatoms. The first-order valence-corrected chi connectivity index (χ1v) is 8.05. The number of ether oxygens (including phenoxy) is 1. The summed E-state index contributed by atoms with van der Waals surface area (Å²) < 4.78 is 7.18. The molecular weight excluding hydrogens is 294 g/mol. The van der Waals surface area contributed by atoms with Crippen molar-refractivity contribution in [3.63, 3.8) is 0 Å². The Morgan fingerprint density at radius 3 is 2.91 bits per heavy atom. The van der Waals surface area contributed by atoms with Gasteiger partial charge in [0.25, 0.3) is 5.91 Å². The number of fused-ring (bicyclic) bond motifs is 1. The standard InChI is InChI=1S/C17H23N3O3/c1-11-7-8-15-18-13(10-20(15)9-11)17(22)19-12-5-3-4-6-14(23-2)16(12)21/h7-10,12,14,16,21H,3-6H2,1-2H3,(H,19,22)/t12-,14-,16-/m1/s1. The number of aliphatic hydroxyl groups is 1. The predicted molar refractivity (Wildman–Crippen MR) is 86.5 cm³/mol. The zero-order chi connectivity index (χ0) is 16.4. The molecule has 0 spiro atoms. The molecule has 124 valence electrons. The molecule has 2 aromatic heterocycles. The molecule has 0 radical (unpaired) electrons. The Balaban J connectivity index is 1.76. The molecule has 2 aromatic rings. The second-order valence-electron chi connectivity index (χ2n) is 6.23. The quantitative estimate of drug-likeness (QED) is 0.845. The SMILES string of the molecule is CO[C@@H]1CCCC[C@@H](NC(=O)c2cn3cc(C)ccc3n2)[C@H]1O. The summed E-state index contributed by atoms with van der Waals surface area (Å²) in [6.45, 7) is 1.99. The van der Waals surface area contributed by atoms with Gasteiger partial charge in [-0.3, -0.25) is 4.79 Å². The molecule has 2 N–H and O–H groups in total.